The standard InChI is InChI=1S/C13H21NO4/c15-9-10-4-3-7-14(10)11(16)8-13(12(17)18)5-1-2-6-13/h10,15H,1-9H2,(H,17,18)/t10-/m0/s1. The summed E-state index contributed by atoms with van der Waals surface area (Å²) < 4.78 is 0. The lowest BCUT2D eigenvalue weighted by Gasteiger charge is -2.29. The van der Waals surface area contributed by atoms with Gasteiger partial charge in [-0.3, -0.25) is 9.59 Å². The first kappa shape index (κ1) is 13.3. The van der Waals surface area contributed by atoms with E-state index in [9.17, 15) is 19.8 Å². The van der Waals surface area contributed by atoms with E-state index in [0.29, 0.717) is 19.4 Å². The molecule has 1 amide bonds. The Bertz CT molecular complexity index is 336. The molecule has 1 atom stereocenters. The molecular formula is C13H21NO4. The minimum Gasteiger partial charge on any atom is -0.481 e. The Kier molecular flexibility index (Phi) is 3.90. The molecule has 1 heterocycles. The molecule has 0 aromatic carbocycles. The number of carbonyl (C=O) groups excluding carboxylic acids is 1. The normalized spacial score (nSPS) is 26.5. The molecule has 102 valence electrons. The van der Waals surface area contributed by atoms with Gasteiger partial charge in [-0.05, 0) is 25.7 Å². The van der Waals surface area contributed by atoms with Gasteiger partial charge in [0.1, 0.15) is 0 Å². The molecule has 1 saturated heterocycles. The third kappa shape index (κ3) is 2.36. The van der Waals surface area contributed by atoms with E-state index < -0.39 is 11.4 Å². The Morgan fingerprint density at radius 2 is 1.89 bits per heavy atom. The number of amides is 1. The molecule has 0 bridgehead atoms. The molecule has 2 aliphatic rings. The highest BCUT2D eigenvalue weighted by molar-refractivity contribution is 5.85. The molecule has 1 aliphatic heterocycles. The molecule has 0 spiro atoms. The van der Waals surface area contributed by atoms with Crippen LogP contribution in [0.15, 0.2) is 0 Å². The Hall–Kier alpha value is -1.10. The zero-order chi connectivity index (χ0) is 13.2. The van der Waals surface area contributed by atoms with Crippen LogP contribution in [0.2, 0.25) is 0 Å². The van der Waals surface area contributed by atoms with Crippen LogP contribution in [0.4, 0.5) is 0 Å². The third-order valence-electron chi connectivity index (χ3n) is 4.41. The molecule has 0 aromatic heterocycles. The number of rotatable bonds is 4. The molecule has 1 saturated carbocycles. The largest absolute Gasteiger partial charge is 0.481 e. The fourth-order valence-corrected chi connectivity index (χ4v) is 3.26. The summed E-state index contributed by atoms with van der Waals surface area (Å²) >= 11 is 0. The lowest BCUT2D eigenvalue weighted by molar-refractivity contribution is -0.153. The first-order valence-electron chi connectivity index (χ1n) is 6.73. The van der Waals surface area contributed by atoms with E-state index in [1.807, 2.05) is 0 Å². The van der Waals surface area contributed by atoms with Gasteiger partial charge < -0.3 is 15.1 Å². The molecule has 2 rings (SSSR count). The maximum Gasteiger partial charge on any atom is 0.310 e. The minimum atomic E-state index is -0.848. The summed E-state index contributed by atoms with van der Waals surface area (Å²) in [7, 11) is 0. The molecule has 0 aromatic rings. The highest BCUT2D eigenvalue weighted by Crippen LogP contribution is 2.42. The second kappa shape index (κ2) is 5.26. The molecular weight excluding hydrogens is 234 g/mol. The second-order valence-corrected chi connectivity index (χ2v) is 5.54. The first-order chi connectivity index (χ1) is 8.59. The van der Waals surface area contributed by atoms with Crippen molar-refractivity contribution < 1.29 is 19.8 Å². The van der Waals surface area contributed by atoms with Crippen LogP contribution in [-0.2, 0) is 9.59 Å². The van der Waals surface area contributed by atoms with Crippen molar-refractivity contribution in [2.24, 2.45) is 5.41 Å². The molecule has 5 nitrogen and oxygen atoms in total. The molecule has 18 heavy (non-hydrogen) atoms. The number of aliphatic hydroxyl groups is 1. The predicted octanol–water partition coefficient (Wildman–Crippen LogP) is 1.00. The minimum absolute atomic E-state index is 0.0220. The molecule has 5 heteroatoms. The van der Waals surface area contributed by atoms with Crippen molar-refractivity contribution in [3.63, 3.8) is 0 Å². The van der Waals surface area contributed by atoms with Gasteiger partial charge in [-0.2, -0.15) is 0 Å². The lowest BCUT2D eigenvalue weighted by atomic mass is 9.82. The fourth-order valence-electron chi connectivity index (χ4n) is 3.26. The average Bonchev–Trinajstić information content (AvgIpc) is 2.97. The van der Waals surface area contributed by atoms with Gasteiger partial charge in [-0.15, -0.1) is 0 Å². The summed E-state index contributed by atoms with van der Waals surface area (Å²) in [5.41, 5.74) is -0.848. The maximum absolute atomic E-state index is 12.2. The quantitative estimate of drug-likeness (QED) is 0.785. The zero-order valence-corrected chi connectivity index (χ0v) is 10.6. The highest BCUT2D eigenvalue weighted by atomic mass is 16.4. The topological polar surface area (TPSA) is 77.8 Å². The van der Waals surface area contributed by atoms with E-state index in [0.717, 1.165) is 25.7 Å². The molecule has 2 N–H and O–H groups in total. The van der Waals surface area contributed by atoms with E-state index >= 15 is 0 Å². The van der Waals surface area contributed by atoms with Crippen LogP contribution in [0, 0.1) is 5.41 Å². The maximum atomic E-state index is 12.2. The number of aliphatic hydroxyl groups excluding tert-OH is 1. The summed E-state index contributed by atoms with van der Waals surface area (Å²) in [5.74, 6) is -0.941. The Labute approximate surface area is 107 Å². The van der Waals surface area contributed by atoms with Crippen LogP contribution < -0.4 is 0 Å². The van der Waals surface area contributed by atoms with Crippen molar-refractivity contribution in [2.75, 3.05) is 13.2 Å². The van der Waals surface area contributed by atoms with E-state index in [1.54, 1.807) is 4.90 Å². The van der Waals surface area contributed by atoms with Gasteiger partial charge in [0.25, 0.3) is 0 Å². The summed E-state index contributed by atoms with van der Waals surface area (Å²) in [6.45, 7) is 0.631. The number of aliphatic carboxylic acids is 1. The van der Waals surface area contributed by atoms with Crippen LogP contribution >= 0.6 is 0 Å². The molecule has 1 aliphatic carbocycles. The van der Waals surface area contributed by atoms with Gasteiger partial charge in [-0.1, -0.05) is 12.8 Å². The third-order valence-corrected chi connectivity index (χ3v) is 4.41. The van der Waals surface area contributed by atoms with Crippen molar-refractivity contribution in [3.05, 3.63) is 0 Å². The van der Waals surface area contributed by atoms with E-state index in [4.69, 9.17) is 0 Å². The SMILES string of the molecule is O=C(CC1(C(=O)O)CCCC1)N1CCC[C@H]1CO. The zero-order valence-electron chi connectivity index (χ0n) is 10.6. The van der Waals surface area contributed by atoms with Gasteiger partial charge in [0.2, 0.25) is 5.91 Å². The number of carboxylic acids is 1. The van der Waals surface area contributed by atoms with Gasteiger partial charge in [0.15, 0.2) is 0 Å². The first-order valence-corrected chi connectivity index (χ1v) is 6.73. The van der Waals surface area contributed by atoms with Crippen molar-refractivity contribution in [1.29, 1.82) is 0 Å². The number of nitrogens with zero attached hydrogens (tertiary/aromatic N) is 1. The highest BCUT2D eigenvalue weighted by Gasteiger charge is 2.44. The van der Waals surface area contributed by atoms with Crippen molar-refractivity contribution in [1.82, 2.24) is 4.90 Å². The summed E-state index contributed by atoms with van der Waals surface area (Å²) in [5, 5.41) is 18.6. The number of likely N-dealkylation sites (tertiary alicyclic amines) is 1. The Balaban J connectivity index is 2.03. The number of hydrogen-bond acceptors (Lipinski definition) is 3. The number of hydrogen-bond donors (Lipinski definition) is 2. The van der Waals surface area contributed by atoms with Crippen LogP contribution in [0.1, 0.15) is 44.9 Å². The van der Waals surface area contributed by atoms with Gasteiger partial charge in [0, 0.05) is 13.0 Å². The van der Waals surface area contributed by atoms with Crippen molar-refractivity contribution in [3.8, 4) is 0 Å². The smallest absolute Gasteiger partial charge is 0.310 e. The second-order valence-electron chi connectivity index (χ2n) is 5.54. The fraction of sp³-hybridized carbons (Fsp3) is 0.846. The van der Waals surface area contributed by atoms with Crippen LogP contribution in [-0.4, -0.2) is 46.2 Å². The van der Waals surface area contributed by atoms with Crippen molar-refractivity contribution >= 4 is 11.9 Å². The van der Waals surface area contributed by atoms with Crippen LogP contribution in [0.25, 0.3) is 0 Å². The summed E-state index contributed by atoms with van der Waals surface area (Å²) in [6, 6.07) is -0.107. The van der Waals surface area contributed by atoms with Crippen LogP contribution in [0.3, 0.4) is 0 Å². The molecule has 0 unspecified atom stereocenters. The predicted molar refractivity (Wildman–Crippen MR) is 65.0 cm³/mol. The van der Waals surface area contributed by atoms with Gasteiger partial charge >= 0.3 is 5.97 Å². The number of carbonyl (C=O) groups is 2. The van der Waals surface area contributed by atoms with Gasteiger partial charge in [0.05, 0.1) is 18.1 Å². The Morgan fingerprint density at radius 3 is 2.44 bits per heavy atom. The van der Waals surface area contributed by atoms with E-state index in [-0.39, 0.29) is 25.0 Å². The van der Waals surface area contributed by atoms with Gasteiger partial charge in [-0.25, -0.2) is 0 Å². The van der Waals surface area contributed by atoms with Crippen molar-refractivity contribution in [2.45, 2.75) is 51.0 Å². The lowest BCUT2D eigenvalue weighted by Crippen LogP contribution is -2.42. The molecule has 2 fully saturated rings. The molecule has 0 radical (unpaired) electrons. The van der Waals surface area contributed by atoms with Crippen LogP contribution in [0.5, 0.6) is 0 Å². The van der Waals surface area contributed by atoms with E-state index in [1.165, 1.54) is 0 Å². The summed E-state index contributed by atoms with van der Waals surface area (Å²) in [4.78, 5) is 25.3. The monoisotopic (exact) mass is 255 g/mol. The Morgan fingerprint density at radius 1 is 1.22 bits per heavy atom. The average molecular weight is 255 g/mol. The summed E-state index contributed by atoms with van der Waals surface area (Å²) in [6.07, 6.45) is 4.81. The van der Waals surface area contributed by atoms with E-state index in [2.05, 4.69) is 0 Å². The number of carboxylic acid groups (broad SMARTS) is 1.